The highest BCUT2D eigenvalue weighted by atomic mass is 35.5. The van der Waals surface area contributed by atoms with Gasteiger partial charge in [-0.25, -0.2) is 0 Å². The van der Waals surface area contributed by atoms with Crippen LogP contribution in [-0.2, 0) is 13.3 Å². The van der Waals surface area contributed by atoms with Crippen LogP contribution >= 0.6 is 0 Å². The minimum atomic E-state index is -2.35. The van der Waals surface area contributed by atoms with E-state index < -0.39 is 8.80 Å². The van der Waals surface area contributed by atoms with E-state index in [9.17, 15) is 0 Å². The Kier molecular flexibility index (Phi) is 12.9. The molecule has 4 nitrogen and oxygen atoms in total. The average Bonchev–Trinajstić information content (AvgIpc) is 2.37. The Labute approximate surface area is 120 Å². The fourth-order valence-electron chi connectivity index (χ4n) is 2.33. The summed E-state index contributed by atoms with van der Waals surface area (Å²) in [4.78, 5) is 1.60. The van der Waals surface area contributed by atoms with Crippen LogP contribution in [0.1, 0.15) is 33.1 Å². The summed E-state index contributed by atoms with van der Waals surface area (Å²) >= 11 is 0. The van der Waals surface area contributed by atoms with Crippen LogP contribution in [0, 0.1) is 0 Å². The number of halogens is 1. The van der Waals surface area contributed by atoms with Crippen molar-refractivity contribution in [3.63, 3.8) is 0 Å². The van der Waals surface area contributed by atoms with Crippen LogP contribution in [0.2, 0.25) is 6.04 Å². The lowest BCUT2D eigenvalue weighted by Gasteiger charge is -2.26. The molecular formula is C12H30ClNO3Si. The molecule has 0 rings (SSSR count). The van der Waals surface area contributed by atoms with E-state index in [2.05, 4.69) is 20.9 Å². The lowest BCUT2D eigenvalue weighted by molar-refractivity contribution is -0.906. The Morgan fingerprint density at radius 1 is 1.00 bits per heavy atom. The Hall–Kier alpha value is 0.347. The van der Waals surface area contributed by atoms with Crippen LogP contribution in [-0.4, -0.2) is 49.8 Å². The fraction of sp³-hybridized carbons (Fsp3) is 1.00. The molecule has 0 aromatic rings. The highest BCUT2D eigenvalue weighted by molar-refractivity contribution is 6.60. The summed E-state index contributed by atoms with van der Waals surface area (Å²) in [5.74, 6) is 0. The van der Waals surface area contributed by atoms with Crippen LogP contribution in [0.25, 0.3) is 0 Å². The molecule has 1 N–H and O–H groups in total. The molecule has 18 heavy (non-hydrogen) atoms. The molecule has 0 aliphatic carbocycles. The Morgan fingerprint density at radius 2 is 1.44 bits per heavy atom. The maximum atomic E-state index is 5.42. The maximum absolute atomic E-state index is 5.42. The molecular weight excluding hydrogens is 270 g/mol. The third-order valence-corrected chi connectivity index (χ3v) is 6.50. The molecule has 0 bridgehead atoms. The lowest BCUT2D eigenvalue weighted by Crippen LogP contribution is -3.12. The van der Waals surface area contributed by atoms with Crippen LogP contribution < -0.4 is 17.3 Å². The molecule has 0 aromatic heterocycles. The van der Waals surface area contributed by atoms with Gasteiger partial charge in [-0.15, -0.1) is 0 Å². The summed E-state index contributed by atoms with van der Waals surface area (Å²) < 4.78 is 16.2. The monoisotopic (exact) mass is 299 g/mol. The molecule has 0 saturated carbocycles. The normalized spacial score (nSPS) is 13.5. The lowest BCUT2D eigenvalue weighted by atomic mass is 10.1. The highest BCUT2D eigenvalue weighted by Crippen LogP contribution is 2.13. The van der Waals surface area contributed by atoms with Crippen molar-refractivity contribution in [1.29, 1.82) is 0 Å². The van der Waals surface area contributed by atoms with E-state index in [-0.39, 0.29) is 12.4 Å². The highest BCUT2D eigenvalue weighted by Gasteiger charge is 2.37. The van der Waals surface area contributed by atoms with Gasteiger partial charge in [-0.3, -0.25) is 0 Å². The summed E-state index contributed by atoms with van der Waals surface area (Å²) in [5.41, 5.74) is 0. The smallest absolute Gasteiger partial charge is 0.500 e. The minimum Gasteiger partial charge on any atom is -1.00 e. The fourth-order valence-corrected chi connectivity index (χ4v) is 4.05. The first-order valence-corrected chi connectivity index (χ1v) is 8.50. The quantitative estimate of drug-likeness (QED) is 0.472. The number of hydrogen-bond donors (Lipinski definition) is 1. The molecule has 0 aromatic carbocycles. The zero-order chi connectivity index (χ0) is 13.3. The minimum absolute atomic E-state index is 0. The second-order valence-electron chi connectivity index (χ2n) is 4.51. The van der Waals surface area contributed by atoms with Crippen molar-refractivity contribution in [3.8, 4) is 0 Å². The van der Waals surface area contributed by atoms with Crippen LogP contribution in [0.4, 0.5) is 0 Å². The van der Waals surface area contributed by atoms with Crippen molar-refractivity contribution in [2.24, 2.45) is 0 Å². The molecule has 0 amide bonds. The molecule has 0 fully saturated rings. The number of rotatable bonds is 10. The SMILES string of the molecule is CCC(CC)[NH+](C)CCC[Si](OC)(OC)OC.[Cl-]. The van der Waals surface area contributed by atoms with Crippen LogP contribution in [0.5, 0.6) is 0 Å². The number of hydrogen-bond acceptors (Lipinski definition) is 3. The van der Waals surface area contributed by atoms with E-state index in [1.54, 1.807) is 26.2 Å². The van der Waals surface area contributed by atoms with Crippen molar-refractivity contribution in [3.05, 3.63) is 0 Å². The molecule has 0 heterocycles. The van der Waals surface area contributed by atoms with Crippen molar-refractivity contribution >= 4 is 8.80 Å². The Morgan fingerprint density at radius 3 is 1.78 bits per heavy atom. The van der Waals surface area contributed by atoms with Gasteiger partial charge in [0.05, 0.1) is 19.6 Å². The van der Waals surface area contributed by atoms with Crippen molar-refractivity contribution in [1.82, 2.24) is 0 Å². The van der Waals surface area contributed by atoms with Gasteiger partial charge in [0.15, 0.2) is 0 Å². The third-order valence-electron chi connectivity index (χ3n) is 3.67. The van der Waals surface area contributed by atoms with E-state index in [0.717, 1.165) is 25.1 Å². The third kappa shape index (κ3) is 6.50. The van der Waals surface area contributed by atoms with Crippen LogP contribution in [0.3, 0.4) is 0 Å². The molecule has 0 aliphatic heterocycles. The number of nitrogens with one attached hydrogen (secondary N) is 1. The van der Waals surface area contributed by atoms with Gasteiger partial charge in [-0.2, -0.15) is 0 Å². The topological polar surface area (TPSA) is 32.1 Å². The predicted octanol–water partition coefficient (Wildman–Crippen LogP) is -2.04. The molecule has 1 unspecified atom stereocenters. The van der Waals surface area contributed by atoms with Gasteiger partial charge in [0.25, 0.3) is 0 Å². The molecule has 6 heteroatoms. The van der Waals surface area contributed by atoms with E-state index in [1.807, 2.05) is 0 Å². The van der Waals surface area contributed by atoms with Gasteiger partial charge < -0.3 is 30.6 Å². The summed E-state index contributed by atoms with van der Waals surface area (Å²) in [6, 6.07) is 1.66. The Balaban J connectivity index is 0. The molecule has 112 valence electrons. The second kappa shape index (κ2) is 11.2. The summed E-state index contributed by atoms with van der Waals surface area (Å²) in [6.07, 6.45) is 3.57. The molecule has 0 saturated heterocycles. The summed E-state index contributed by atoms with van der Waals surface area (Å²) in [5, 5.41) is 0. The van der Waals surface area contributed by atoms with Gasteiger partial charge in [-0.05, 0) is 12.8 Å². The number of quaternary nitrogens is 1. The standard InChI is InChI=1S/C12H29NO3Si.ClH/c1-7-12(8-2)13(3)10-9-11-17(14-4,15-5)16-6;/h12H,7-11H2,1-6H3;1H. The second-order valence-corrected chi connectivity index (χ2v) is 7.60. The maximum Gasteiger partial charge on any atom is 0.500 e. The van der Waals surface area contributed by atoms with E-state index >= 15 is 0 Å². The average molecular weight is 300 g/mol. The van der Waals surface area contributed by atoms with Gasteiger partial charge in [0.2, 0.25) is 0 Å². The Bertz CT molecular complexity index is 182. The van der Waals surface area contributed by atoms with E-state index in [4.69, 9.17) is 13.3 Å². The van der Waals surface area contributed by atoms with Crippen molar-refractivity contribution < 1.29 is 30.6 Å². The first-order chi connectivity index (χ1) is 8.09. The largest absolute Gasteiger partial charge is 1.00 e. The summed E-state index contributed by atoms with van der Waals surface area (Å²) in [6.45, 7) is 5.67. The van der Waals surface area contributed by atoms with E-state index in [1.165, 1.54) is 12.8 Å². The van der Waals surface area contributed by atoms with Gasteiger partial charge >= 0.3 is 8.80 Å². The van der Waals surface area contributed by atoms with E-state index in [0.29, 0.717) is 0 Å². The van der Waals surface area contributed by atoms with Gasteiger partial charge in [0, 0.05) is 33.8 Å². The molecule has 0 radical (unpaired) electrons. The molecule has 0 aliphatic rings. The molecule has 0 spiro atoms. The van der Waals surface area contributed by atoms with Crippen molar-refractivity contribution in [2.45, 2.75) is 45.2 Å². The first kappa shape index (κ1) is 20.7. The zero-order valence-corrected chi connectivity index (χ0v) is 14.5. The van der Waals surface area contributed by atoms with Crippen LogP contribution in [0.15, 0.2) is 0 Å². The molecule has 1 atom stereocenters. The first-order valence-electron chi connectivity index (χ1n) is 6.56. The predicted molar refractivity (Wildman–Crippen MR) is 72.3 cm³/mol. The summed E-state index contributed by atoms with van der Waals surface area (Å²) in [7, 11) is 4.95. The van der Waals surface area contributed by atoms with Gasteiger partial charge in [-0.1, -0.05) is 13.8 Å². The van der Waals surface area contributed by atoms with Crippen molar-refractivity contribution in [2.75, 3.05) is 34.9 Å². The zero-order valence-electron chi connectivity index (χ0n) is 12.7. The van der Waals surface area contributed by atoms with Gasteiger partial charge in [0.1, 0.15) is 0 Å².